The Balaban J connectivity index is 2.09. The van der Waals surface area contributed by atoms with Crippen molar-refractivity contribution >= 4 is 21.8 Å². The maximum absolute atomic E-state index is 12.0. The molecule has 0 aliphatic carbocycles. The number of nitrogens with two attached hydrogens (primary N) is 1. The molecule has 0 saturated carbocycles. The molecule has 8 heteroatoms. The van der Waals surface area contributed by atoms with Crippen LogP contribution in [0.3, 0.4) is 0 Å². The molecule has 1 amide bonds. The van der Waals surface area contributed by atoms with Crippen LogP contribution in [0.25, 0.3) is 0 Å². The van der Waals surface area contributed by atoms with E-state index in [4.69, 9.17) is 5.73 Å². The number of hydrogen-bond acceptors (Lipinski definition) is 5. The van der Waals surface area contributed by atoms with Crippen LogP contribution in [-0.2, 0) is 14.8 Å². The fourth-order valence-electron chi connectivity index (χ4n) is 1.75. The predicted molar refractivity (Wildman–Crippen MR) is 76.4 cm³/mol. The number of carbonyl (C=O) groups excluding carboxylic acids is 1. The monoisotopic (exact) mass is 298 g/mol. The first-order chi connectivity index (χ1) is 9.16. The van der Waals surface area contributed by atoms with E-state index in [9.17, 15) is 13.2 Å². The Labute approximate surface area is 118 Å². The molecule has 0 aromatic heterocycles. The van der Waals surface area contributed by atoms with Gasteiger partial charge in [-0.2, -0.15) is 0 Å². The van der Waals surface area contributed by atoms with Crippen molar-refractivity contribution in [3.63, 3.8) is 0 Å². The molecule has 0 saturated heterocycles. The fraction of sp³-hybridized carbons (Fsp3) is 0.500. The third-order valence-corrected chi connectivity index (χ3v) is 3.95. The number of hydrogen-bond donors (Lipinski definition) is 2. The SMILES string of the molecule is CC(C)(N)CNC(=O)C1=CN2CCS(=O)(=O)N=C2C=C1. The molecule has 3 N–H and O–H groups in total. The minimum Gasteiger partial charge on any atom is -0.350 e. The first kappa shape index (κ1) is 14.7. The van der Waals surface area contributed by atoms with Gasteiger partial charge in [0.1, 0.15) is 5.84 Å². The third-order valence-electron chi connectivity index (χ3n) is 2.79. The molecule has 0 unspecified atom stereocenters. The van der Waals surface area contributed by atoms with Gasteiger partial charge in [-0.3, -0.25) is 4.79 Å². The standard InChI is InChI=1S/C12H18N4O3S/c1-12(2,13)8-14-11(17)9-3-4-10-15-20(18,19)6-5-16(10)7-9/h3-4,7H,5-6,8,13H2,1-2H3,(H,14,17). The summed E-state index contributed by atoms with van der Waals surface area (Å²) in [6.45, 7) is 4.29. The molecule has 7 nitrogen and oxygen atoms in total. The molecule has 0 spiro atoms. The van der Waals surface area contributed by atoms with E-state index >= 15 is 0 Å². The summed E-state index contributed by atoms with van der Waals surface area (Å²) in [6.07, 6.45) is 4.68. The highest BCUT2D eigenvalue weighted by Crippen LogP contribution is 2.15. The Hall–Kier alpha value is -1.67. The maximum atomic E-state index is 12.0. The van der Waals surface area contributed by atoms with E-state index < -0.39 is 15.6 Å². The maximum Gasteiger partial charge on any atom is 0.256 e. The van der Waals surface area contributed by atoms with Gasteiger partial charge >= 0.3 is 0 Å². The van der Waals surface area contributed by atoms with Gasteiger partial charge in [0.2, 0.25) is 0 Å². The quantitative estimate of drug-likeness (QED) is 0.719. The minimum absolute atomic E-state index is 0.0500. The first-order valence-electron chi connectivity index (χ1n) is 6.23. The molecular weight excluding hydrogens is 280 g/mol. The molecule has 2 aliphatic heterocycles. The second-order valence-corrected chi connectivity index (χ2v) is 7.27. The second kappa shape index (κ2) is 5.02. The Morgan fingerprint density at radius 3 is 2.85 bits per heavy atom. The molecule has 0 bridgehead atoms. The van der Waals surface area contributed by atoms with Crippen LogP contribution in [0.2, 0.25) is 0 Å². The van der Waals surface area contributed by atoms with Crippen LogP contribution in [-0.4, -0.2) is 49.4 Å². The number of nitrogens with one attached hydrogen (secondary N) is 1. The summed E-state index contributed by atoms with van der Waals surface area (Å²) in [6, 6.07) is 0. The van der Waals surface area contributed by atoms with Crippen molar-refractivity contribution in [3.05, 3.63) is 23.9 Å². The van der Waals surface area contributed by atoms with Crippen molar-refractivity contribution < 1.29 is 13.2 Å². The van der Waals surface area contributed by atoms with Crippen molar-refractivity contribution in [1.82, 2.24) is 10.2 Å². The van der Waals surface area contributed by atoms with E-state index in [2.05, 4.69) is 9.71 Å². The number of sulfonamides is 1. The molecule has 110 valence electrons. The summed E-state index contributed by atoms with van der Waals surface area (Å²) in [5.41, 5.74) is 5.77. The first-order valence-corrected chi connectivity index (χ1v) is 7.83. The molecule has 2 aliphatic rings. The zero-order valence-electron chi connectivity index (χ0n) is 11.5. The lowest BCUT2D eigenvalue weighted by Gasteiger charge is -2.27. The lowest BCUT2D eigenvalue weighted by molar-refractivity contribution is -0.117. The van der Waals surface area contributed by atoms with Gasteiger partial charge in [0, 0.05) is 24.8 Å². The van der Waals surface area contributed by atoms with Gasteiger partial charge in [-0.05, 0) is 26.0 Å². The Morgan fingerprint density at radius 1 is 1.50 bits per heavy atom. The van der Waals surface area contributed by atoms with E-state index in [0.717, 1.165) is 0 Å². The Bertz CT molecular complexity index is 611. The lowest BCUT2D eigenvalue weighted by atomic mass is 10.1. The van der Waals surface area contributed by atoms with E-state index in [1.54, 1.807) is 17.2 Å². The Kier molecular flexibility index (Phi) is 3.70. The van der Waals surface area contributed by atoms with Crippen molar-refractivity contribution in [2.24, 2.45) is 10.1 Å². The smallest absolute Gasteiger partial charge is 0.256 e. The number of amides is 1. The van der Waals surface area contributed by atoms with Crippen molar-refractivity contribution in [3.8, 4) is 0 Å². The van der Waals surface area contributed by atoms with Gasteiger partial charge in [0.25, 0.3) is 15.9 Å². The van der Waals surface area contributed by atoms with Gasteiger partial charge in [-0.1, -0.05) is 0 Å². The molecule has 2 heterocycles. The zero-order valence-corrected chi connectivity index (χ0v) is 12.3. The van der Waals surface area contributed by atoms with Gasteiger partial charge in [0.05, 0.1) is 11.3 Å². The zero-order chi connectivity index (χ0) is 15.0. The highest BCUT2D eigenvalue weighted by Gasteiger charge is 2.25. The van der Waals surface area contributed by atoms with Crippen LogP contribution in [0.15, 0.2) is 28.3 Å². The molecule has 2 rings (SSSR count). The number of nitrogens with zero attached hydrogens (tertiary/aromatic N) is 2. The number of carbonyl (C=O) groups is 1. The van der Waals surface area contributed by atoms with Crippen molar-refractivity contribution in [2.45, 2.75) is 19.4 Å². The van der Waals surface area contributed by atoms with Gasteiger partial charge in [0.15, 0.2) is 0 Å². The third kappa shape index (κ3) is 3.67. The largest absolute Gasteiger partial charge is 0.350 e. The highest BCUT2D eigenvalue weighted by atomic mass is 32.2. The second-order valence-electron chi connectivity index (χ2n) is 5.52. The summed E-state index contributed by atoms with van der Waals surface area (Å²) in [5, 5.41) is 2.74. The summed E-state index contributed by atoms with van der Waals surface area (Å²) in [5.74, 6) is 0.0465. The van der Waals surface area contributed by atoms with Gasteiger partial charge < -0.3 is 16.0 Å². The average Bonchev–Trinajstić information content (AvgIpc) is 2.33. The Morgan fingerprint density at radius 2 is 2.20 bits per heavy atom. The van der Waals surface area contributed by atoms with E-state index in [0.29, 0.717) is 24.5 Å². The molecule has 0 fully saturated rings. The van der Waals surface area contributed by atoms with Gasteiger partial charge in [-0.25, -0.2) is 8.42 Å². The molecule has 0 atom stereocenters. The summed E-state index contributed by atoms with van der Waals surface area (Å²) >= 11 is 0. The van der Waals surface area contributed by atoms with Crippen LogP contribution >= 0.6 is 0 Å². The minimum atomic E-state index is -3.37. The van der Waals surface area contributed by atoms with E-state index in [-0.39, 0.29) is 11.7 Å². The average molecular weight is 298 g/mol. The van der Waals surface area contributed by atoms with E-state index in [1.165, 1.54) is 6.08 Å². The van der Waals surface area contributed by atoms with Crippen LogP contribution in [0.5, 0.6) is 0 Å². The predicted octanol–water partition coefficient (Wildman–Crippen LogP) is -0.662. The van der Waals surface area contributed by atoms with Crippen LogP contribution in [0.4, 0.5) is 0 Å². The molecule has 0 radical (unpaired) electrons. The fourth-order valence-corrected chi connectivity index (χ4v) is 2.71. The summed E-state index contributed by atoms with van der Waals surface area (Å²) in [7, 11) is -3.37. The topological polar surface area (TPSA) is 105 Å². The number of amidine groups is 1. The normalized spacial score (nSPS) is 20.9. The van der Waals surface area contributed by atoms with E-state index in [1.807, 2.05) is 13.8 Å². The summed E-state index contributed by atoms with van der Waals surface area (Å²) < 4.78 is 26.4. The molecular formula is C12H18N4O3S. The number of rotatable bonds is 3. The van der Waals surface area contributed by atoms with Crippen molar-refractivity contribution in [1.29, 1.82) is 0 Å². The van der Waals surface area contributed by atoms with Gasteiger partial charge in [-0.15, -0.1) is 4.40 Å². The molecule has 20 heavy (non-hydrogen) atoms. The number of fused-ring (bicyclic) bond motifs is 1. The van der Waals surface area contributed by atoms with Crippen LogP contribution < -0.4 is 11.1 Å². The molecule has 0 aromatic rings. The highest BCUT2D eigenvalue weighted by molar-refractivity contribution is 7.90. The molecule has 0 aromatic carbocycles. The lowest BCUT2D eigenvalue weighted by Crippen LogP contribution is -2.46. The van der Waals surface area contributed by atoms with Crippen molar-refractivity contribution in [2.75, 3.05) is 18.8 Å². The van der Waals surface area contributed by atoms with Crippen LogP contribution in [0.1, 0.15) is 13.8 Å². The summed E-state index contributed by atoms with van der Waals surface area (Å²) in [4.78, 5) is 13.6. The van der Waals surface area contributed by atoms with Crippen LogP contribution in [0, 0.1) is 0 Å².